The molecule has 1 aliphatic rings. The Bertz CT molecular complexity index is 1020. The van der Waals surface area contributed by atoms with Gasteiger partial charge in [0.1, 0.15) is 5.57 Å². The largest absolute Gasteiger partial charge is 0.478 e. The Balaban J connectivity index is 2.24. The van der Waals surface area contributed by atoms with E-state index < -0.39 is 11.8 Å². The van der Waals surface area contributed by atoms with Crippen molar-refractivity contribution >= 4 is 28.7 Å². The van der Waals surface area contributed by atoms with E-state index in [2.05, 4.69) is 0 Å². The summed E-state index contributed by atoms with van der Waals surface area (Å²) in [6, 6.07) is 15.5. The third kappa shape index (κ3) is 4.12. The van der Waals surface area contributed by atoms with Gasteiger partial charge in [-0.3, -0.25) is 4.79 Å². The van der Waals surface area contributed by atoms with Gasteiger partial charge in [0.2, 0.25) is 5.78 Å². The van der Waals surface area contributed by atoms with E-state index in [-0.39, 0.29) is 16.8 Å². The Labute approximate surface area is 176 Å². The van der Waals surface area contributed by atoms with E-state index >= 15 is 0 Å². The summed E-state index contributed by atoms with van der Waals surface area (Å²) in [6.07, 6.45) is 2.75. The molecule has 0 bridgehead atoms. The fourth-order valence-corrected chi connectivity index (χ4v) is 3.33. The standard InChI is InChI=1S/C24H25N3O3/c1-26(2)18-9-5-15(6-10-18)22(16-7-11-19(12-8-16)27(3)4)20-13-17(25)14-21(23(20)28)24(29)30/h5-14H,25H2,1-4H3,(H,29,30). The Hall–Kier alpha value is -3.80. The Morgan fingerprint density at radius 3 is 1.60 bits per heavy atom. The number of carboxylic acid groups (broad SMARTS) is 1. The molecule has 1 aliphatic carbocycles. The molecule has 6 nitrogen and oxygen atoms in total. The van der Waals surface area contributed by atoms with Gasteiger partial charge in [-0.05, 0) is 47.5 Å². The van der Waals surface area contributed by atoms with Crippen molar-refractivity contribution in [2.24, 2.45) is 5.73 Å². The minimum Gasteiger partial charge on any atom is -0.478 e. The number of carboxylic acids is 1. The molecule has 0 atom stereocenters. The van der Waals surface area contributed by atoms with Gasteiger partial charge in [0.15, 0.2) is 0 Å². The fraction of sp³-hybridized carbons (Fsp3) is 0.167. The first-order chi connectivity index (χ1) is 14.2. The number of allylic oxidation sites excluding steroid dienone is 3. The van der Waals surface area contributed by atoms with Gasteiger partial charge >= 0.3 is 5.97 Å². The highest BCUT2D eigenvalue weighted by Crippen LogP contribution is 2.33. The first-order valence-electron chi connectivity index (χ1n) is 9.45. The number of carbonyl (C=O) groups excluding carboxylic acids is 1. The molecule has 3 rings (SSSR count). The first kappa shape index (κ1) is 20.9. The van der Waals surface area contributed by atoms with Crippen molar-refractivity contribution in [3.05, 3.63) is 88.7 Å². The van der Waals surface area contributed by atoms with Crippen molar-refractivity contribution in [1.82, 2.24) is 0 Å². The molecule has 0 fully saturated rings. The smallest absolute Gasteiger partial charge is 0.339 e. The molecule has 2 aromatic carbocycles. The van der Waals surface area contributed by atoms with Crippen LogP contribution < -0.4 is 15.5 Å². The van der Waals surface area contributed by atoms with E-state index in [1.165, 1.54) is 6.08 Å². The molecule has 0 amide bonds. The average molecular weight is 403 g/mol. The molecule has 6 heteroatoms. The summed E-state index contributed by atoms with van der Waals surface area (Å²) in [6.45, 7) is 0. The van der Waals surface area contributed by atoms with E-state index in [0.717, 1.165) is 22.5 Å². The highest BCUT2D eigenvalue weighted by atomic mass is 16.4. The topological polar surface area (TPSA) is 86.9 Å². The molecule has 3 N–H and O–H groups in total. The summed E-state index contributed by atoms with van der Waals surface area (Å²) in [5, 5.41) is 9.46. The van der Waals surface area contributed by atoms with Crippen LogP contribution >= 0.6 is 0 Å². The van der Waals surface area contributed by atoms with Crippen LogP contribution in [0.15, 0.2) is 77.5 Å². The summed E-state index contributed by atoms with van der Waals surface area (Å²) in [5.74, 6) is -1.85. The lowest BCUT2D eigenvalue weighted by molar-refractivity contribution is -0.134. The third-order valence-corrected chi connectivity index (χ3v) is 4.96. The van der Waals surface area contributed by atoms with Crippen LogP contribution in [-0.4, -0.2) is 45.0 Å². The van der Waals surface area contributed by atoms with Gasteiger partial charge in [-0.25, -0.2) is 4.79 Å². The van der Waals surface area contributed by atoms with E-state index in [4.69, 9.17) is 5.73 Å². The maximum absolute atomic E-state index is 13.0. The number of anilines is 2. The summed E-state index contributed by atoms with van der Waals surface area (Å²) in [4.78, 5) is 28.6. The predicted octanol–water partition coefficient (Wildman–Crippen LogP) is 3.06. The molecule has 2 aromatic rings. The van der Waals surface area contributed by atoms with E-state index in [1.807, 2.05) is 86.5 Å². The number of rotatable bonds is 5. The molecule has 0 radical (unpaired) electrons. The van der Waals surface area contributed by atoms with Crippen molar-refractivity contribution in [3.63, 3.8) is 0 Å². The number of benzene rings is 2. The van der Waals surface area contributed by atoms with E-state index in [1.54, 1.807) is 6.08 Å². The number of hydrogen-bond acceptors (Lipinski definition) is 5. The number of Topliss-reactive ketones (excluding diaryl/α,β-unsaturated/α-hetero) is 1. The Kier molecular flexibility index (Phi) is 5.78. The van der Waals surface area contributed by atoms with Crippen molar-refractivity contribution in [3.8, 4) is 0 Å². The number of aliphatic carboxylic acids is 1. The quantitative estimate of drug-likeness (QED) is 0.589. The number of nitrogens with zero attached hydrogens (tertiary/aromatic N) is 2. The van der Waals surface area contributed by atoms with Gasteiger partial charge in [-0.1, -0.05) is 24.3 Å². The van der Waals surface area contributed by atoms with Gasteiger partial charge in [0.05, 0.1) is 0 Å². The summed E-state index contributed by atoms with van der Waals surface area (Å²) >= 11 is 0. The third-order valence-electron chi connectivity index (χ3n) is 4.96. The average Bonchev–Trinajstić information content (AvgIpc) is 2.71. The zero-order valence-electron chi connectivity index (χ0n) is 17.5. The van der Waals surface area contributed by atoms with Gasteiger partial charge in [-0.15, -0.1) is 0 Å². The van der Waals surface area contributed by atoms with Gasteiger partial charge in [0, 0.05) is 56.4 Å². The van der Waals surface area contributed by atoms with Crippen LogP contribution in [0.2, 0.25) is 0 Å². The lowest BCUT2D eigenvalue weighted by Crippen LogP contribution is -2.20. The van der Waals surface area contributed by atoms with Crippen LogP contribution in [0.5, 0.6) is 0 Å². The number of ketones is 1. The zero-order valence-corrected chi connectivity index (χ0v) is 17.5. The monoisotopic (exact) mass is 403 g/mol. The fourth-order valence-electron chi connectivity index (χ4n) is 3.33. The number of hydrogen-bond donors (Lipinski definition) is 2. The molecular formula is C24H25N3O3. The number of carbonyl (C=O) groups is 2. The summed E-state index contributed by atoms with van der Waals surface area (Å²) in [7, 11) is 7.80. The molecule has 0 saturated carbocycles. The molecule has 0 heterocycles. The lowest BCUT2D eigenvalue weighted by Gasteiger charge is -2.19. The Morgan fingerprint density at radius 1 is 0.800 bits per heavy atom. The zero-order chi connectivity index (χ0) is 22.0. The minimum atomic E-state index is -1.29. The summed E-state index contributed by atoms with van der Waals surface area (Å²) in [5.41, 5.74) is 10.4. The van der Waals surface area contributed by atoms with Crippen molar-refractivity contribution < 1.29 is 14.7 Å². The molecule has 0 aliphatic heterocycles. The van der Waals surface area contributed by atoms with Gasteiger partial charge < -0.3 is 20.6 Å². The van der Waals surface area contributed by atoms with Crippen LogP contribution in [0.1, 0.15) is 11.1 Å². The molecular weight excluding hydrogens is 378 g/mol. The maximum Gasteiger partial charge on any atom is 0.339 e. The highest BCUT2D eigenvalue weighted by Gasteiger charge is 2.27. The Morgan fingerprint density at radius 2 is 1.23 bits per heavy atom. The minimum absolute atomic E-state index is 0.231. The predicted molar refractivity (Wildman–Crippen MR) is 121 cm³/mol. The molecule has 0 aromatic heterocycles. The maximum atomic E-state index is 13.0. The number of nitrogens with two attached hydrogens (primary N) is 1. The lowest BCUT2D eigenvalue weighted by atomic mass is 9.86. The van der Waals surface area contributed by atoms with Crippen molar-refractivity contribution in [1.29, 1.82) is 0 Å². The second-order valence-corrected chi connectivity index (χ2v) is 7.51. The van der Waals surface area contributed by atoms with E-state index in [0.29, 0.717) is 5.57 Å². The van der Waals surface area contributed by atoms with Crippen LogP contribution in [0.3, 0.4) is 0 Å². The highest BCUT2D eigenvalue weighted by molar-refractivity contribution is 6.28. The molecule has 0 spiro atoms. The van der Waals surface area contributed by atoms with Gasteiger partial charge in [-0.2, -0.15) is 0 Å². The molecule has 30 heavy (non-hydrogen) atoms. The second kappa shape index (κ2) is 8.29. The van der Waals surface area contributed by atoms with Crippen LogP contribution in [0.25, 0.3) is 5.57 Å². The molecule has 154 valence electrons. The van der Waals surface area contributed by atoms with Crippen molar-refractivity contribution in [2.45, 2.75) is 0 Å². The normalized spacial score (nSPS) is 13.5. The van der Waals surface area contributed by atoms with Crippen LogP contribution in [0, 0.1) is 0 Å². The molecule has 0 unspecified atom stereocenters. The molecule has 0 saturated heterocycles. The first-order valence-corrected chi connectivity index (χ1v) is 9.45. The van der Waals surface area contributed by atoms with E-state index in [9.17, 15) is 14.7 Å². The van der Waals surface area contributed by atoms with Crippen LogP contribution in [0.4, 0.5) is 11.4 Å². The van der Waals surface area contributed by atoms with Gasteiger partial charge in [0.25, 0.3) is 0 Å². The SMILES string of the molecule is CN(C)c1ccc(C(=C2C=C(N)C=C(C(=O)O)C2=O)c2ccc(N(C)C)cc2)cc1. The van der Waals surface area contributed by atoms with Crippen molar-refractivity contribution in [2.75, 3.05) is 38.0 Å². The second-order valence-electron chi connectivity index (χ2n) is 7.51. The summed E-state index contributed by atoms with van der Waals surface area (Å²) < 4.78 is 0. The van der Waals surface area contributed by atoms with Crippen LogP contribution in [-0.2, 0) is 9.59 Å².